The molecule has 0 aromatic carbocycles. The highest BCUT2D eigenvalue weighted by Crippen LogP contribution is 2.34. The highest BCUT2D eigenvalue weighted by atomic mass is 16.5. The summed E-state index contributed by atoms with van der Waals surface area (Å²) in [6.45, 7) is 0.965. The van der Waals surface area contributed by atoms with Crippen LogP contribution in [0.25, 0.3) is 0 Å². The first-order chi connectivity index (χ1) is 9.28. The van der Waals surface area contributed by atoms with E-state index in [0.29, 0.717) is 11.9 Å². The fraction of sp³-hybridized carbons (Fsp3) is 0.462. The second-order valence-electron chi connectivity index (χ2n) is 4.70. The molecule has 0 saturated carbocycles. The van der Waals surface area contributed by atoms with Gasteiger partial charge in [-0.15, -0.1) is 0 Å². The molecule has 19 heavy (non-hydrogen) atoms. The van der Waals surface area contributed by atoms with Gasteiger partial charge in [-0.1, -0.05) is 0 Å². The molecule has 1 saturated heterocycles. The topological polar surface area (TPSA) is 56.1 Å². The van der Waals surface area contributed by atoms with E-state index in [0.717, 1.165) is 25.3 Å². The zero-order valence-corrected chi connectivity index (χ0v) is 11.2. The fourth-order valence-corrected chi connectivity index (χ4v) is 2.55. The maximum absolute atomic E-state index is 5.17. The monoisotopic (exact) mass is 259 g/mol. The second-order valence-corrected chi connectivity index (χ2v) is 4.70. The molecular formula is C13H17N5O. The summed E-state index contributed by atoms with van der Waals surface area (Å²) in [5, 5.41) is 4.25. The third kappa shape index (κ3) is 2.25. The van der Waals surface area contributed by atoms with Gasteiger partial charge in [0.1, 0.15) is 0 Å². The van der Waals surface area contributed by atoms with E-state index in [2.05, 4.69) is 26.2 Å². The Bertz CT molecular complexity index is 568. The zero-order valence-electron chi connectivity index (χ0n) is 11.2. The molecule has 3 heterocycles. The summed E-state index contributed by atoms with van der Waals surface area (Å²) < 4.78 is 7.00. The van der Waals surface area contributed by atoms with Gasteiger partial charge in [-0.05, 0) is 12.8 Å². The van der Waals surface area contributed by atoms with Crippen LogP contribution < -0.4 is 9.64 Å². The van der Waals surface area contributed by atoms with Crippen molar-refractivity contribution >= 4 is 5.95 Å². The van der Waals surface area contributed by atoms with Crippen molar-refractivity contribution in [2.24, 2.45) is 7.05 Å². The van der Waals surface area contributed by atoms with Gasteiger partial charge in [-0.2, -0.15) is 10.1 Å². The van der Waals surface area contributed by atoms with Crippen LogP contribution in [0, 0.1) is 0 Å². The van der Waals surface area contributed by atoms with Crippen LogP contribution >= 0.6 is 0 Å². The van der Waals surface area contributed by atoms with Gasteiger partial charge in [-0.3, -0.25) is 4.68 Å². The van der Waals surface area contributed by atoms with E-state index in [4.69, 9.17) is 4.74 Å². The lowest BCUT2D eigenvalue weighted by molar-refractivity contribution is 0.396. The third-order valence-corrected chi connectivity index (χ3v) is 3.45. The van der Waals surface area contributed by atoms with Crippen molar-refractivity contribution in [3.8, 4) is 5.88 Å². The van der Waals surface area contributed by atoms with E-state index in [-0.39, 0.29) is 0 Å². The molecular weight excluding hydrogens is 242 g/mol. The first-order valence-corrected chi connectivity index (χ1v) is 6.40. The summed E-state index contributed by atoms with van der Waals surface area (Å²) in [6.07, 6.45) is 7.96. The molecule has 2 aromatic heterocycles. The minimum Gasteiger partial charge on any atom is -0.481 e. The van der Waals surface area contributed by atoms with Gasteiger partial charge in [0.15, 0.2) is 0 Å². The highest BCUT2D eigenvalue weighted by molar-refractivity contribution is 5.38. The van der Waals surface area contributed by atoms with Crippen LogP contribution in [-0.4, -0.2) is 33.4 Å². The summed E-state index contributed by atoms with van der Waals surface area (Å²) in [5.74, 6) is 1.33. The van der Waals surface area contributed by atoms with E-state index >= 15 is 0 Å². The largest absolute Gasteiger partial charge is 0.481 e. The van der Waals surface area contributed by atoms with Gasteiger partial charge in [-0.25, -0.2) is 4.98 Å². The molecule has 0 amide bonds. The van der Waals surface area contributed by atoms with Crippen molar-refractivity contribution in [3.05, 3.63) is 30.2 Å². The Hall–Kier alpha value is -2.11. The molecule has 1 atom stereocenters. The van der Waals surface area contributed by atoms with E-state index in [1.54, 1.807) is 19.4 Å². The first kappa shape index (κ1) is 12.0. The number of hydrogen-bond acceptors (Lipinski definition) is 5. The molecule has 1 aliphatic heterocycles. The summed E-state index contributed by atoms with van der Waals surface area (Å²) in [6, 6.07) is 2.07. The quantitative estimate of drug-likeness (QED) is 0.837. The standard InChI is InChI=1S/C13H17N5O/c1-17-9-10(8-15-17)11-4-3-7-18(11)13-14-6-5-12(16-13)19-2/h5-6,8-9,11H,3-4,7H2,1-2H3/t11-/m1/s1. The lowest BCUT2D eigenvalue weighted by Gasteiger charge is -2.23. The molecule has 2 aromatic rings. The van der Waals surface area contributed by atoms with Crippen molar-refractivity contribution in [1.29, 1.82) is 0 Å². The maximum atomic E-state index is 5.17. The molecule has 3 rings (SSSR count). The van der Waals surface area contributed by atoms with Gasteiger partial charge in [0, 0.05) is 37.6 Å². The Morgan fingerprint density at radius 1 is 1.42 bits per heavy atom. The summed E-state index contributed by atoms with van der Waals surface area (Å²) >= 11 is 0. The van der Waals surface area contributed by atoms with Crippen molar-refractivity contribution in [2.45, 2.75) is 18.9 Å². The lowest BCUT2D eigenvalue weighted by atomic mass is 10.1. The van der Waals surface area contributed by atoms with Crippen molar-refractivity contribution in [1.82, 2.24) is 19.7 Å². The number of rotatable bonds is 3. The molecule has 0 radical (unpaired) electrons. The molecule has 0 spiro atoms. The SMILES string of the molecule is COc1ccnc(N2CCC[C@@H]2c2cnn(C)c2)n1. The normalized spacial score (nSPS) is 18.8. The molecule has 1 fully saturated rings. The number of aromatic nitrogens is 4. The lowest BCUT2D eigenvalue weighted by Crippen LogP contribution is -2.24. The number of methoxy groups -OCH3 is 1. The summed E-state index contributed by atoms with van der Waals surface area (Å²) in [5.41, 5.74) is 1.21. The minimum absolute atomic E-state index is 0.306. The Balaban J connectivity index is 1.90. The maximum Gasteiger partial charge on any atom is 0.229 e. The smallest absolute Gasteiger partial charge is 0.229 e. The molecule has 0 aliphatic carbocycles. The van der Waals surface area contributed by atoms with Crippen LogP contribution in [0.5, 0.6) is 5.88 Å². The average molecular weight is 259 g/mol. The second kappa shape index (κ2) is 4.87. The van der Waals surface area contributed by atoms with Gasteiger partial charge < -0.3 is 9.64 Å². The number of ether oxygens (including phenoxy) is 1. The van der Waals surface area contributed by atoms with Crippen LogP contribution in [0.15, 0.2) is 24.7 Å². The number of aryl methyl sites for hydroxylation is 1. The van der Waals surface area contributed by atoms with Crippen LogP contribution in [0.2, 0.25) is 0 Å². The summed E-state index contributed by atoms with van der Waals surface area (Å²) in [4.78, 5) is 11.0. The van der Waals surface area contributed by atoms with Crippen molar-refractivity contribution in [3.63, 3.8) is 0 Å². The first-order valence-electron chi connectivity index (χ1n) is 6.40. The zero-order chi connectivity index (χ0) is 13.2. The molecule has 6 nitrogen and oxygen atoms in total. The Morgan fingerprint density at radius 2 is 2.32 bits per heavy atom. The number of hydrogen-bond donors (Lipinski definition) is 0. The van der Waals surface area contributed by atoms with E-state index in [9.17, 15) is 0 Å². The Kier molecular flexibility index (Phi) is 3.06. The minimum atomic E-state index is 0.306. The average Bonchev–Trinajstić information content (AvgIpc) is 3.07. The molecule has 0 unspecified atom stereocenters. The van der Waals surface area contributed by atoms with E-state index in [1.165, 1.54) is 5.56 Å². The molecule has 0 bridgehead atoms. The van der Waals surface area contributed by atoms with Crippen LogP contribution in [-0.2, 0) is 7.05 Å². The molecule has 1 aliphatic rings. The van der Waals surface area contributed by atoms with E-state index < -0.39 is 0 Å². The predicted octanol–water partition coefficient (Wildman–Crippen LogP) is 1.56. The Morgan fingerprint density at radius 3 is 3.05 bits per heavy atom. The van der Waals surface area contributed by atoms with Crippen molar-refractivity contribution in [2.75, 3.05) is 18.6 Å². The summed E-state index contributed by atoms with van der Waals surface area (Å²) in [7, 11) is 3.56. The van der Waals surface area contributed by atoms with Gasteiger partial charge in [0.25, 0.3) is 0 Å². The number of nitrogens with zero attached hydrogens (tertiary/aromatic N) is 5. The molecule has 0 N–H and O–H groups in total. The van der Waals surface area contributed by atoms with Gasteiger partial charge in [0.2, 0.25) is 11.8 Å². The fourth-order valence-electron chi connectivity index (χ4n) is 2.55. The molecule has 6 heteroatoms. The van der Waals surface area contributed by atoms with Crippen LogP contribution in [0.3, 0.4) is 0 Å². The Labute approximate surface area is 112 Å². The van der Waals surface area contributed by atoms with Crippen molar-refractivity contribution < 1.29 is 4.74 Å². The van der Waals surface area contributed by atoms with Crippen LogP contribution in [0.1, 0.15) is 24.4 Å². The third-order valence-electron chi connectivity index (χ3n) is 3.45. The van der Waals surface area contributed by atoms with Crippen LogP contribution in [0.4, 0.5) is 5.95 Å². The van der Waals surface area contributed by atoms with Gasteiger partial charge in [0.05, 0.1) is 19.3 Å². The van der Waals surface area contributed by atoms with E-state index in [1.807, 2.05) is 17.9 Å². The number of anilines is 1. The molecule has 100 valence electrons. The van der Waals surface area contributed by atoms with Gasteiger partial charge >= 0.3 is 0 Å². The highest BCUT2D eigenvalue weighted by Gasteiger charge is 2.29. The predicted molar refractivity (Wildman–Crippen MR) is 71.1 cm³/mol.